The lowest BCUT2D eigenvalue weighted by Gasteiger charge is -2.11. The summed E-state index contributed by atoms with van der Waals surface area (Å²) in [4.78, 5) is 13.5. The highest BCUT2D eigenvalue weighted by atomic mass is 32.1. The molecule has 3 rings (SSSR count). The minimum absolute atomic E-state index is 0.0936. The zero-order valence-electron chi connectivity index (χ0n) is 11.9. The number of nitrogens with zero attached hydrogens (tertiary/aromatic N) is 1. The fourth-order valence-corrected chi connectivity index (χ4v) is 3.52. The molecule has 1 atom stereocenters. The molecule has 0 aliphatic carbocycles. The summed E-state index contributed by atoms with van der Waals surface area (Å²) in [6.07, 6.45) is 0.674. The average molecular weight is 297 g/mol. The van der Waals surface area contributed by atoms with E-state index in [9.17, 15) is 10.1 Å². The fraction of sp³-hybridized carbons (Fsp3) is 0.250. The van der Waals surface area contributed by atoms with Crippen molar-refractivity contribution in [3.63, 3.8) is 0 Å². The third kappa shape index (κ3) is 2.39. The highest BCUT2D eigenvalue weighted by Crippen LogP contribution is 2.32. The van der Waals surface area contributed by atoms with Gasteiger partial charge in [0.15, 0.2) is 0 Å². The van der Waals surface area contributed by atoms with E-state index in [1.165, 1.54) is 11.3 Å². The number of anilines is 2. The molecule has 2 aromatic rings. The molecule has 1 aliphatic rings. The van der Waals surface area contributed by atoms with Gasteiger partial charge < -0.3 is 10.6 Å². The Morgan fingerprint density at radius 3 is 2.90 bits per heavy atom. The van der Waals surface area contributed by atoms with E-state index in [-0.39, 0.29) is 11.9 Å². The van der Waals surface area contributed by atoms with Crippen LogP contribution in [0.25, 0.3) is 0 Å². The van der Waals surface area contributed by atoms with Crippen LogP contribution in [0.5, 0.6) is 0 Å². The van der Waals surface area contributed by atoms with Crippen molar-refractivity contribution in [2.45, 2.75) is 26.3 Å². The highest BCUT2D eigenvalue weighted by molar-refractivity contribution is 7.16. The molecule has 0 saturated heterocycles. The minimum atomic E-state index is -0.281. The molecule has 1 aliphatic heterocycles. The molecular weight excluding hydrogens is 282 g/mol. The van der Waals surface area contributed by atoms with Gasteiger partial charge in [-0.3, -0.25) is 4.79 Å². The first-order valence-electron chi connectivity index (χ1n) is 6.75. The Morgan fingerprint density at radius 1 is 1.43 bits per heavy atom. The number of benzene rings is 1. The molecule has 2 N–H and O–H groups in total. The van der Waals surface area contributed by atoms with Crippen molar-refractivity contribution in [2.75, 3.05) is 10.6 Å². The third-order valence-corrected chi connectivity index (χ3v) is 4.94. The summed E-state index contributed by atoms with van der Waals surface area (Å²) in [5.41, 5.74) is 3.68. The van der Waals surface area contributed by atoms with Gasteiger partial charge in [-0.05, 0) is 31.0 Å². The molecule has 0 bridgehead atoms. The number of nitrogens with one attached hydrogen (secondary N) is 2. The average Bonchev–Trinajstić information content (AvgIpc) is 3.01. The summed E-state index contributed by atoms with van der Waals surface area (Å²) in [5.74, 6) is -0.0936. The molecule has 2 heterocycles. The Balaban J connectivity index is 1.77. The van der Waals surface area contributed by atoms with Crippen LogP contribution in [0, 0.1) is 25.2 Å². The summed E-state index contributed by atoms with van der Waals surface area (Å²) in [6.45, 7) is 3.86. The van der Waals surface area contributed by atoms with Gasteiger partial charge in [0.1, 0.15) is 17.1 Å². The first-order chi connectivity index (χ1) is 10.1. The first kappa shape index (κ1) is 13.7. The van der Waals surface area contributed by atoms with Gasteiger partial charge in [-0.2, -0.15) is 5.26 Å². The maximum atomic E-state index is 12.4. The number of hydrogen-bond acceptors (Lipinski definition) is 4. The van der Waals surface area contributed by atoms with Crippen molar-refractivity contribution < 1.29 is 4.79 Å². The summed E-state index contributed by atoms with van der Waals surface area (Å²) in [7, 11) is 0. The number of rotatable bonds is 2. The van der Waals surface area contributed by atoms with Gasteiger partial charge >= 0.3 is 0 Å². The van der Waals surface area contributed by atoms with E-state index in [1.54, 1.807) is 0 Å². The Bertz CT molecular complexity index is 732. The van der Waals surface area contributed by atoms with Gasteiger partial charge in [0.25, 0.3) is 0 Å². The lowest BCUT2D eigenvalue weighted by molar-refractivity contribution is -0.116. The second-order valence-corrected chi connectivity index (χ2v) is 6.37. The number of fused-ring (bicyclic) bond motifs is 1. The normalized spacial score (nSPS) is 16.0. The monoisotopic (exact) mass is 297 g/mol. The lowest BCUT2D eigenvalue weighted by atomic mass is 10.1. The summed E-state index contributed by atoms with van der Waals surface area (Å²) < 4.78 is 0. The zero-order chi connectivity index (χ0) is 15.0. The highest BCUT2D eigenvalue weighted by Gasteiger charge is 2.27. The van der Waals surface area contributed by atoms with Crippen LogP contribution in [-0.4, -0.2) is 11.9 Å². The number of thiophene rings is 1. The van der Waals surface area contributed by atoms with Crippen LogP contribution in [0.1, 0.15) is 21.6 Å². The van der Waals surface area contributed by atoms with E-state index in [0.717, 1.165) is 21.7 Å². The second kappa shape index (κ2) is 5.23. The van der Waals surface area contributed by atoms with Crippen molar-refractivity contribution in [2.24, 2.45) is 0 Å². The van der Waals surface area contributed by atoms with Gasteiger partial charge in [0.2, 0.25) is 5.91 Å². The van der Waals surface area contributed by atoms with Crippen molar-refractivity contribution in [1.29, 1.82) is 5.26 Å². The van der Waals surface area contributed by atoms with Gasteiger partial charge in [-0.15, -0.1) is 11.3 Å². The molecule has 0 spiro atoms. The van der Waals surface area contributed by atoms with Crippen LogP contribution >= 0.6 is 11.3 Å². The number of nitriles is 1. The van der Waals surface area contributed by atoms with Crippen LogP contribution in [0.2, 0.25) is 0 Å². The number of amides is 1. The molecule has 0 saturated carbocycles. The Kier molecular flexibility index (Phi) is 3.40. The van der Waals surface area contributed by atoms with E-state index >= 15 is 0 Å². The van der Waals surface area contributed by atoms with Crippen molar-refractivity contribution in [3.8, 4) is 6.07 Å². The van der Waals surface area contributed by atoms with Gasteiger partial charge in [-0.25, -0.2) is 0 Å². The first-order valence-corrected chi connectivity index (χ1v) is 7.57. The maximum absolute atomic E-state index is 12.4. The molecule has 0 fully saturated rings. The van der Waals surface area contributed by atoms with Crippen molar-refractivity contribution in [3.05, 3.63) is 45.8 Å². The largest absolute Gasteiger partial charge is 0.373 e. The number of carbonyl (C=O) groups is 1. The molecule has 0 radical (unpaired) electrons. The maximum Gasteiger partial charge on any atom is 0.247 e. The molecule has 0 unspecified atom stereocenters. The Hall–Kier alpha value is -2.32. The summed E-state index contributed by atoms with van der Waals surface area (Å²) in [5, 5.41) is 16.0. The molecule has 21 heavy (non-hydrogen) atoms. The molecule has 1 amide bonds. The van der Waals surface area contributed by atoms with E-state index in [1.807, 2.05) is 38.1 Å². The van der Waals surface area contributed by atoms with E-state index in [4.69, 9.17) is 0 Å². The zero-order valence-corrected chi connectivity index (χ0v) is 12.7. The number of hydrogen-bond donors (Lipinski definition) is 2. The van der Waals surface area contributed by atoms with E-state index in [0.29, 0.717) is 17.0 Å². The lowest BCUT2D eigenvalue weighted by Crippen LogP contribution is -2.32. The minimum Gasteiger partial charge on any atom is -0.373 e. The van der Waals surface area contributed by atoms with Crippen LogP contribution in [0.15, 0.2) is 24.3 Å². The Morgan fingerprint density at radius 2 is 2.19 bits per heavy atom. The number of aryl methyl sites for hydroxylation is 1. The molecule has 4 nitrogen and oxygen atoms in total. The standard InChI is InChI=1S/C16H15N3OS/c1-9-10(2)21-16(12(9)8-17)19-15(20)14-7-11-5-3-4-6-13(11)18-14/h3-6,14,18H,7H2,1-2H3,(H,19,20)/t14-/m0/s1. The van der Waals surface area contributed by atoms with Crippen LogP contribution in [0.4, 0.5) is 10.7 Å². The smallest absolute Gasteiger partial charge is 0.247 e. The number of carbonyl (C=O) groups excluding carboxylic acids is 1. The van der Waals surface area contributed by atoms with E-state index in [2.05, 4.69) is 16.7 Å². The topological polar surface area (TPSA) is 64.9 Å². The van der Waals surface area contributed by atoms with Gasteiger partial charge in [-0.1, -0.05) is 18.2 Å². The molecule has 1 aromatic heterocycles. The second-order valence-electron chi connectivity index (χ2n) is 5.15. The number of para-hydroxylation sites is 1. The molecule has 106 valence electrons. The summed E-state index contributed by atoms with van der Waals surface area (Å²) in [6, 6.07) is 9.81. The quantitative estimate of drug-likeness (QED) is 0.894. The van der Waals surface area contributed by atoms with Crippen LogP contribution < -0.4 is 10.6 Å². The predicted octanol–water partition coefficient (Wildman–Crippen LogP) is 3.21. The fourth-order valence-electron chi connectivity index (χ4n) is 2.50. The SMILES string of the molecule is Cc1sc(NC(=O)[C@@H]2Cc3ccccc3N2)c(C#N)c1C. The Labute approximate surface area is 127 Å². The van der Waals surface area contributed by atoms with Crippen LogP contribution in [-0.2, 0) is 11.2 Å². The van der Waals surface area contributed by atoms with Crippen molar-refractivity contribution >= 4 is 27.9 Å². The van der Waals surface area contributed by atoms with Crippen molar-refractivity contribution in [1.82, 2.24) is 0 Å². The van der Waals surface area contributed by atoms with E-state index < -0.39 is 0 Å². The molecular formula is C16H15N3OS. The predicted molar refractivity (Wildman–Crippen MR) is 84.7 cm³/mol. The molecule has 5 heteroatoms. The summed E-state index contributed by atoms with van der Waals surface area (Å²) >= 11 is 1.45. The van der Waals surface area contributed by atoms with Gasteiger partial charge in [0.05, 0.1) is 5.56 Å². The van der Waals surface area contributed by atoms with Crippen LogP contribution in [0.3, 0.4) is 0 Å². The molecule has 1 aromatic carbocycles. The van der Waals surface area contributed by atoms with Gasteiger partial charge in [0, 0.05) is 17.0 Å². The third-order valence-electron chi connectivity index (χ3n) is 3.82.